The molecule has 0 radical (unpaired) electrons. The first-order valence-corrected chi connectivity index (χ1v) is 7.92. The maximum atomic E-state index is 12.5. The van der Waals surface area contributed by atoms with Crippen molar-refractivity contribution in [1.82, 2.24) is 0 Å². The number of carbonyl (C=O) groups is 2. The van der Waals surface area contributed by atoms with E-state index in [1.807, 2.05) is 18.2 Å². The Bertz CT molecular complexity index is 773. The maximum absolute atomic E-state index is 12.5. The van der Waals surface area contributed by atoms with Crippen LogP contribution in [0, 0.1) is 0 Å². The smallest absolute Gasteiger partial charge is 0.339 e. The Morgan fingerprint density at radius 2 is 1.88 bits per heavy atom. The minimum Gasteiger partial charge on any atom is -0.465 e. The van der Waals surface area contributed by atoms with Gasteiger partial charge in [0.05, 0.1) is 24.9 Å². The topological polar surface area (TPSA) is 58.6 Å². The molecule has 1 N–H and O–H groups in total. The summed E-state index contributed by atoms with van der Waals surface area (Å²) in [5.74, 6) is -0.624. The number of nitrogens with one attached hydrogen (secondary N) is 1. The third-order valence-corrected chi connectivity index (χ3v) is 4.27. The number of amides is 1. The standard InChI is InChI=1S/C19H20N2O3/c1-13-11-14-7-3-6-10-17(14)21(13)12-18(22)20-16-9-5-4-8-15(16)19(23)24-2/h3-10,13H,11-12H2,1-2H3,(H,20,22)/t13-/m1/s1. The average molecular weight is 324 g/mol. The molecule has 1 heterocycles. The van der Waals surface area contributed by atoms with Crippen molar-refractivity contribution in [2.45, 2.75) is 19.4 Å². The second-order valence-electron chi connectivity index (χ2n) is 5.90. The minimum absolute atomic E-state index is 0.157. The molecule has 0 bridgehead atoms. The first-order valence-electron chi connectivity index (χ1n) is 7.92. The molecule has 1 atom stereocenters. The minimum atomic E-state index is -0.467. The van der Waals surface area contributed by atoms with Crippen LogP contribution in [0.5, 0.6) is 0 Å². The van der Waals surface area contributed by atoms with Crippen molar-refractivity contribution < 1.29 is 14.3 Å². The van der Waals surface area contributed by atoms with E-state index in [0.29, 0.717) is 11.3 Å². The van der Waals surface area contributed by atoms with Crippen LogP contribution >= 0.6 is 0 Å². The molecule has 0 saturated heterocycles. The second kappa shape index (κ2) is 6.74. The van der Waals surface area contributed by atoms with E-state index in [0.717, 1.165) is 12.1 Å². The number of carbonyl (C=O) groups excluding carboxylic acids is 2. The number of esters is 1. The van der Waals surface area contributed by atoms with Crippen molar-refractivity contribution >= 4 is 23.3 Å². The molecule has 5 heteroatoms. The Labute approximate surface area is 141 Å². The molecular formula is C19H20N2O3. The summed E-state index contributed by atoms with van der Waals surface area (Å²) < 4.78 is 4.75. The van der Waals surface area contributed by atoms with E-state index in [1.54, 1.807) is 24.3 Å². The van der Waals surface area contributed by atoms with E-state index in [4.69, 9.17) is 4.74 Å². The highest BCUT2D eigenvalue weighted by Gasteiger charge is 2.27. The number of rotatable bonds is 4. The molecule has 124 valence electrons. The van der Waals surface area contributed by atoms with Crippen LogP contribution in [-0.2, 0) is 16.0 Å². The number of para-hydroxylation sites is 2. The number of ether oxygens (including phenoxy) is 1. The maximum Gasteiger partial charge on any atom is 0.339 e. The SMILES string of the molecule is COC(=O)c1ccccc1NC(=O)CN1c2ccccc2C[C@H]1C. The Morgan fingerprint density at radius 1 is 1.17 bits per heavy atom. The zero-order valence-electron chi connectivity index (χ0n) is 13.8. The van der Waals surface area contributed by atoms with E-state index in [2.05, 4.69) is 23.2 Å². The molecule has 1 aliphatic rings. The summed E-state index contributed by atoms with van der Waals surface area (Å²) >= 11 is 0. The summed E-state index contributed by atoms with van der Waals surface area (Å²) in [4.78, 5) is 26.4. The number of fused-ring (bicyclic) bond motifs is 1. The summed E-state index contributed by atoms with van der Waals surface area (Å²) in [6.45, 7) is 2.35. The molecule has 24 heavy (non-hydrogen) atoms. The highest BCUT2D eigenvalue weighted by atomic mass is 16.5. The quantitative estimate of drug-likeness (QED) is 0.879. The molecule has 5 nitrogen and oxygen atoms in total. The van der Waals surface area contributed by atoms with Crippen molar-refractivity contribution in [3.05, 3.63) is 59.7 Å². The highest BCUT2D eigenvalue weighted by molar-refractivity contribution is 6.02. The van der Waals surface area contributed by atoms with E-state index >= 15 is 0 Å². The summed E-state index contributed by atoms with van der Waals surface area (Å²) in [6.07, 6.45) is 0.933. The zero-order valence-corrected chi connectivity index (χ0v) is 13.8. The van der Waals surface area contributed by atoms with Crippen LogP contribution in [-0.4, -0.2) is 31.6 Å². The molecule has 0 unspecified atom stereocenters. The fraction of sp³-hybridized carbons (Fsp3) is 0.263. The van der Waals surface area contributed by atoms with Crippen LogP contribution in [0.3, 0.4) is 0 Å². The predicted molar refractivity (Wildman–Crippen MR) is 93.4 cm³/mol. The average Bonchev–Trinajstić information content (AvgIpc) is 2.90. The summed E-state index contributed by atoms with van der Waals surface area (Å²) in [5, 5.41) is 2.82. The van der Waals surface area contributed by atoms with Gasteiger partial charge in [-0.05, 0) is 37.1 Å². The molecule has 1 aliphatic heterocycles. The molecule has 1 amide bonds. The molecule has 3 rings (SSSR count). The van der Waals surface area contributed by atoms with E-state index in [1.165, 1.54) is 12.7 Å². The van der Waals surface area contributed by atoms with Crippen LogP contribution in [0.15, 0.2) is 48.5 Å². The summed E-state index contributed by atoms with van der Waals surface area (Å²) in [7, 11) is 1.32. The van der Waals surface area contributed by atoms with Gasteiger partial charge in [0.25, 0.3) is 0 Å². The van der Waals surface area contributed by atoms with Crippen molar-refractivity contribution in [3.63, 3.8) is 0 Å². The number of anilines is 2. The lowest BCUT2D eigenvalue weighted by Gasteiger charge is -2.24. The fourth-order valence-corrected chi connectivity index (χ4v) is 3.10. The van der Waals surface area contributed by atoms with Crippen molar-refractivity contribution in [2.75, 3.05) is 23.9 Å². The molecule has 0 aliphatic carbocycles. The third kappa shape index (κ3) is 3.11. The normalized spacial score (nSPS) is 15.8. The summed E-state index contributed by atoms with van der Waals surface area (Å²) in [6, 6.07) is 15.2. The van der Waals surface area contributed by atoms with E-state index < -0.39 is 5.97 Å². The van der Waals surface area contributed by atoms with Gasteiger partial charge in [-0.25, -0.2) is 4.79 Å². The van der Waals surface area contributed by atoms with Crippen LogP contribution in [0.4, 0.5) is 11.4 Å². The number of nitrogens with zero attached hydrogens (tertiary/aromatic N) is 1. The Hall–Kier alpha value is -2.82. The van der Waals surface area contributed by atoms with Gasteiger partial charge in [0, 0.05) is 11.7 Å². The van der Waals surface area contributed by atoms with Gasteiger partial charge in [-0.2, -0.15) is 0 Å². The molecule has 0 spiro atoms. The lowest BCUT2D eigenvalue weighted by molar-refractivity contribution is -0.115. The Morgan fingerprint density at radius 3 is 2.67 bits per heavy atom. The van der Waals surface area contributed by atoms with Crippen LogP contribution < -0.4 is 10.2 Å². The number of hydrogen-bond donors (Lipinski definition) is 1. The first-order chi connectivity index (χ1) is 11.6. The lowest BCUT2D eigenvalue weighted by Crippen LogP contribution is -2.37. The van der Waals surface area contributed by atoms with Crippen LogP contribution in [0.1, 0.15) is 22.8 Å². The molecular weight excluding hydrogens is 304 g/mol. The van der Waals surface area contributed by atoms with Gasteiger partial charge in [0.1, 0.15) is 0 Å². The molecule has 2 aromatic carbocycles. The van der Waals surface area contributed by atoms with E-state index in [9.17, 15) is 9.59 Å². The largest absolute Gasteiger partial charge is 0.465 e. The van der Waals surface area contributed by atoms with Crippen LogP contribution in [0.25, 0.3) is 0 Å². The monoisotopic (exact) mass is 324 g/mol. The van der Waals surface area contributed by atoms with E-state index in [-0.39, 0.29) is 18.5 Å². The molecule has 0 saturated carbocycles. The highest BCUT2D eigenvalue weighted by Crippen LogP contribution is 2.31. The van der Waals surface area contributed by atoms with Gasteiger partial charge in [0.2, 0.25) is 5.91 Å². The van der Waals surface area contributed by atoms with Crippen molar-refractivity contribution in [3.8, 4) is 0 Å². The van der Waals surface area contributed by atoms with Crippen molar-refractivity contribution in [2.24, 2.45) is 0 Å². The Kier molecular flexibility index (Phi) is 4.51. The van der Waals surface area contributed by atoms with Gasteiger partial charge in [-0.3, -0.25) is 4.79 Å². The molecule has 0 aromatic heterocycles. The second-order valence-corrected chi connectivity index (χ2v) is 5.90. The number of methoxy groups -OCH3 is 1. The fourth-order valence-electron chi connectivity index (χ4n) is 3.10. The molecule has 0 fully saturated rings. The predicted octanol–water partition coefficient (Wildman–Crippen LogP) is 2.86. The van der Waals surface area contributed by atoms with Gasteiger partial charge in [0.15, 0.2) is 0 Å². The summed E-state index contributed by atoms with van der Waals surface area (Å²) in [5.41, 5.74) is 3.17. The lowest BCUT2D eigenvalue weighted by atomic mass is 10.1. The van der Waals surface area contributed by atoms with Gasteiger partial charge in [-0.1, -0.05) is 30.3 Å². The zero-order chi connectivity index (χ0) is 17.1. The molecule has 2 aromatic rings. The first kappa shape index (κ1) is 16.1. The Balaban J connectivity index is 1.74. The van der Waals surface area contributed by atoms with Crippen LogP contribution in [0.2, 0.25) is 0 Å². The number of hydrogen-bond acceptors (Lipinski definition) is 4. The van der Waals surface area contributed by atoms with Gasteiger partial charge in [-0.15, -0.1) is 0 Å². The third-order valence-electron chi connectivity index (χ3n) is 4.27. The van der Waals surface area contributed by atoms with Gasteiger partial charge >= 0.3 is 5.97 Å². The van der Waals surface area contributed by atoms with Gasteiger partial charge < -0.3 is 15.0 Å². The number of benzene rings is 2. The van der Waals surface area contributed by atoms with Crippen molar-refractivity contribution in [1.29, 1.82) is 0 Å².